The molecule has 0 spiro atoms. The van der Waals surface area contributed by atoms with E-state index in [1.807, 2.05) is 0 Å². The number of hydrogen-bond donors (Lipinski definition) is 1. The number of nitrogens with zero attached hydrogens (tertiary/aromatic N) is 1. The van der Waals surface area contributed by atoms with Crippen LogP contribution in [0.1, 0.15) is 15.9 Å². The topological polar surface area (TPSA) is 102 Å². The van der Waals surface area contributed by atoms with Crippen molar-refractivity contribution >= 4 is 39.2 Å². The number of ether oxygens (including phenoxy) is 1. The van der Waals surface area contributed by atoms with Crippen LogP contribution in [0.2, 0.25) is 5.02 Å². The lowest BCUT2D eigenvalue weighted by Gasteiger charge is -2.05. The molecule has 1 heterocycles. The number of benzene rings is 2. The quantitative estimate of drug-likeness (QED) is 0.617. The molecule has 26 heavy (non-hydrogen) atoms. The Kier molecular flexibility index (Phi) is 5.06. The molecule has 134 valence electrons. The number of aliphatic imine (C=N–C) groups is 1. The summed E-state index contributed by atoms with van der Waals surface area (Å²) in [6.07, 6.45) is 0. The molecule has 0 saturated heterocycles. The summed E-state index contributed by atoms with van der Waals surface area (Å²) >= 11 is 5.91. The van der Waals surface area contributed by atoms with Gasteiger partial charge in [0.25, 0.3) is 10.0 Å². The van der Waals surface area contributed by atoms with Gasteiger partial charge in [0.2, 0.25) is 5.78 Å². The fraction of sp³-hybridized carbons (Fsp3) is 0.118. The first-order chi connectivity index (χ1) is 12.4. The van der Waals surface area contributed by atoms with Crippen molar-refractivity contribution in [1.29, 1.82) is 0 Å². The molecule has 0 unspecified atom stereocenters. The minimum absolute atomic E-state index is 0.0648. The molecular weight excluding hydrogens is 380 g/mol. The van der Waals surface area contributed by atoms with Crippen LogP contribution in [0.3, 0.4) is 0 Å². The van der Waals surface area contributed by atoms with Gasteiger partial charge < -0.3 is 4.74 Å². The van der Waals surface area contributed by atoms with Crippen molar-refractivity contribution in [3.8, 4) is 0 Å². The van der Waals surface area contributed by atoms with Crippen molar-refractivity contribution in [3.05, 3.63) is 64.7 Å². The Bertz CT molecular complexity index is 1020. The van der Waals surface area contributed by atoms with Crippen molar-refractivity contribution in [1.82, 2.24) is 4.72 Å². The highest BCUT2D eigenvalue weighted by Crippen LogP contribution is 2.22. The molecular formula is C17H13ClN2O5S. The van der Waals surface area contributed by atoms with Crippen molar-refractivity contribution in [2.45, 2.75) is 4.90 Å². The molecule has 1 aliphatic heterocycles. The highest BCUT2D eigenvalue weighted by molar-refractivity contribution is 7.90. The van der Waals surface area contributed by atoms with Gasteiger partial charge in [-0.25, -0.2) is 8.42 Å². The molecule has 7 nitrogen and oxygen atoms in total. The first-order valence-electron chi connectivity index (χ1n) is 7.48. The van der Waals surface area contributed by atoms with Gasteiger partial charge in [-0.15, -0.1) is 0 Å². The van der Waals surface area contributed by atoms with E-state index < -0.39 is 34.9 Å². The summed E-state index contributed by atoms with van der Waals surface area (Å²) in [5, 5.41) is 0.269. The maximum absolute atomic E-state index is 12.0. The lowest BCUT2D eigenvalue weighted by atomic mass is 10.1. The predicted octanol–water partition coefficient (Wildman–Crippen LogP) is 1.80. The summed E-state index contributed by atoms with van der Waals surface area (Å²) in [4.78, 5) is 27.8. The van der Waals surface area contributed by atoms with Crippen LogP contribution >= 0.6 is 11.6 Å². The van der Waals surface area contributed by atoms with E-state index in [9.17, 15) is 18.0 Å². The maximum Gasteiger partial charge on any atom is 0.328 e. The lowest BCUT2D eigenvalue weighted by Crippen LogP contribution is -2.24. The number of sulfonamides is 1. The summed E-state index contributed by atoms with van der Waals surface area (Å²) in [5.74, 6) is -1.14. The van der Waals surface area contributed by atoms with Gasteiger partial charge in [-0.2, -0.15) is 0 Å². The molecule has 0 aliphatic carbocycles. The monoisotopic (exact) mass is 392 g/mol. The maximum atomic E-state index is 12.0. The van der Waals surface area contributed by atoms with Crippen molar-refractivity contribution in [2.75, 3.05) is 13.2 Å². The molecule has 0 atom stereocenters. The van der Waals surface area contributed by atoms with Crippen LogP contribution in [0.4, 0.5) is 0 Å². The van der Waals surface area contributed by atoms with E-state index in [1.165, 1.54) is 12.1 Å². The molecule has 2 aromatic carbocycles. The summed E-state index contributed by atoms with van der Waals surface area (Å²) in [6, 6.07) is 12.7. The second-order valence-corrected chi connectivity index (χ2v) is 7.39. The van der Waals surface area contributed by atoms with E-state index in [4.69, 9.17) is 16.3 Å². The number of amidine groups is 1. The Morgan fingerprint density at radius 2 is 1.77 bits per heavy atom. The van der Waals surface area contributed by atoms with Gasteiger partial charge in [-0.1, -0.05) is 35.9 Å². The van der Waals surface area contributed by atoms with Crippen molar-refractivity contribution in [3.63, 3.8) is 0 Å². The molecule has 0 aromatic heterocycles. The zero-order chi connectivity index (χ0) is 18.7. The van der Waals surface area contributed by atoms with Gasteiger partial charge in [0.1, 0.15) is 12.4 Å². The molecule has 0 bridgehead atoms. The minimum atomic E-state index is -3.67. The van der Waals surface area contributed by atoms with Crippen molar-refractivity contribution in [2.24, 2.45) is 4.99 Å². The average Bonchev–Trinajstić information content (AvgIpc) is 2.89. The second-order valence-electron chi connectivity index (χ2n) is 5.33. The molecule has 2 aromatic rings. The number of halogens is 1. The number of fused-ring (bicyclic) bond motifs is 1. The largest absolute Gasteiger partial charge is 0.456 e. The van der Waals surface area contributed by atoms with Crippen LogP contribution < -0.4 is 4.72 Å². The molecule has 3 rings (SSSR count). The Balaban J connectivity index is 1.62. The molecule has 9 heteroatoms. The third kappa shape index (κ3) is 3.76. The number of nitrogens with one attached hydrogen (secondary N) is 1. The highest BCUT2D eigenvalue weighted by atomic mass is 35.5. The van der Waals surface area contributed by atoms with Crippen LogP contribution in [0.5, 0.6) is 0 Å². The van der Waals surface area contributed by atoms with Gasteiger partial charge in [-0.05, 0) is 24.3 Å². The van der Waals surface area contributed by atoms with E-state index in [0.29, 0.717) is 5.56 Å². The van der Waals surface area contributed by atoms with Crippen LogP contribution in [0.15, 0.2) is 58.4 Å². The van der Waals surface area contributed by atoms with Crippen LogP contribution in [0.25, 0.3) is 0 Å². The second kappa shape index (κ2) is 7.27. The molecule has 0 saturated carbocycles. The van der Waals surface area contributed by atoms with E-state index in [-0.39, 0.29) is 21.3 Å². The van der Waals surface area contributed by atoms with E-state index >= 15 is 0 Å². The number of ketones is 1. The Hall–Kier alpha value is -2.71. The lowest BCUT2D eigenvalue weighted by molar-refractivity contribution is -0.140. The summed E-state index contributed by atoms with van der Waals surface area (Å²) in [7, 11) is -3.67. The number of hydrogen-bond acceptors (Lipinski definition) is 6. The number of carbonyl (C=O) groups is 2. The van der Waals surface area contributed by atoms with E-state index in [1.54, 1.807) is 36.4 Å². The van der Waals surface area contributed by atoms with Gasteiger partial charge >= 0.3 is 5.97 Å². The molecule has 1 aliphatic rings. The van der Waals surface area contributed by atoms with Gasteiger partial charge in [0.15, 0.2) is 6.61 Å². The number of esters is 1. The zero-order valence-electron chi connectivity index (χ0n) is 13.3. The summed E-state index contributed by atoms with van der Waals surface area (Å²) in [6.45, 7) is -0.905. The first-order valence-corrected chi connectivity index (χ1v) is 9.34. The SMILES string of the molecule is O=C(CN=C1NS(=O)(=O)c2ccccc21)OCC(=O)c1ccccc1Cl. The number of carbonyl (C=O) groups excluding carboxylic acids is 2. The average molecular weight is 393 g/mol. The third-order valence-corrected chi connectivity index (χ3v) is 5.29. The standard InChI is InChI=1S/C17H13ClN2O5S/c18-13-7-3-1-5-11(13)14(21)10-25-16(22)9-19-17-12-6-2-4-8-15(12)26(23,24)20-17/h1-8H,9-10H2,(H,19,20). The van der Waals surface area contributed by atoms with E-state index in [2.05, 4.69) is 9.71 Å². The van der Waals surface area contributed by atoms with Gasteiger partial charge in [-0.3, -0.25) is 19.3 Å². The number of rotatable bonds is 5. The summed E-state index contributed by atoms with van der Waals surface area (Å²) < 4.78 is 31.1. The molecule has 1 N–H and O–H groups in total. The Morgan fingerprint density at radius 3 is 2.54 bits per heavy atom. The highest BCUT2D eigenvalue weighted by Gasteiger charge is 2.30. The van der Waals surface area contributed by atoms with E-state index in [0.717, 1.165) is 0 Å². The van der Waals surface area contributed by atoms with Crippen LogP contribution in [0, 0.1) is 0 Å². The van der Waals surface area contributed by atoms with Crippen LogP contribution in [-0.4, -0.2) is 39.2 Å². The molecule has 0 fully saturated rings. The van der Waals surface area contributed by atoms with Crippen LogP contribution in [-0.2, 0) is 19.6 Å². The Labute approximate surface area is 154 Å². The Morgan fingerprint density at radius 1 is 1.08 bits per heavy atom. The summed E-state index contributed by atoms with van der Waals surface area (Å²) in [5.41, 5.74) is 0.637. The smallest absolute Gasteiger partial charge is 0.328 e. The van der Waals surface area contributed by atoms with Gasteiger partial charge in [0, 0.05) is 11.1 Å². The third-order valence-electron chi connectivity index (χ3n) is 3.57. The first kappa shape index (κ1) is 18.1. The molecule has 0 amide bonds. The number of Topliss-reactive ketones (excluding diaryl/α,β-unsaturated/α-hetero) is 1. The fourth-order valence-electron chi connectivity index (χ4n) is 2.35. The van der Waals surface area contributed by atoms with Gasteiger partial charge in [0.05, 0.1) is 9.92 Å². The molecule has 0 radical (unpaired) electrons. The van der Waals surface area contributed by atoms with Crippen molar-refractivity contribution < 1.29 is 22.7 Å². The minimum Gasteiger partial charge on any atom is -0.456 e. The fourth-order valence-corrected chi connectivity index (χ4v) is 3.84. The normalized spacial score (nSPS) is 16.0. The predicted molar refractivity (Wildman–Crippen MR) is 94.9 cm³/mol. The zero-order valence-corrected chi connectivity index (χ0v) is 14.9.